The van der Waals surface area contributed by atoms with E-state index in [1.165, 1.54) is 5.56 Å². The summed E-state index contributed by atoms with van der Waals surface area (Å²) in [5, 5.41) is 0. The van der Waals surface area contributed by atoms with Crippen LogP contribution in [0.25, 0.3) is 11.0 Å². The van der Waals surface area contributed by atoms with E-state index in [4.69, 9.17) is 0 Å². The minimum Gasteiger partial charge on any atom is -0.345 e. The normalized spacial score (nSPS) is 10.8. The number of aromatic amines is 1. The lowest BCUT2D eigenvalue weighted by Gasteiger charge is -2.21. The molecule has 0 atom stereocenters. The van der Waals surface area contributed by atoms with Gasteiger partial charge in [-0.05, 0) is 48.7 Å². The molecule has 0 fully saturated rings. The number of benzene rings is 1. The predicted molar refractivity (Wildman–Crippen MR) is 90.0 cm³/mol. The fraction of sp³-hybridized carbons (Fsp3) is 0.278. The standard InChI is InChI=1S/C18H20N4O/c1-2-22(10-7-14-5-8-19-9-6-14)18(23)12-15-3-4-16-17(11-15)21-13-20-16/h3-6,8-9,11,13H,2,7,10,12H2,1H3,(H,20,21). The maximum atomic E-state index is 12.5. The number of pyridine rings is 1. The Balaban J connectivity index is 1.62. The van der Waals surface area contributed by atoms with E-state index in [2.05, 4.69) is 15.0 Å². The SMILES string of the molecule is CCN(CCc1ccncc1)C(=O)Cc1ccc2nc[nH]c2c1. The Morgan fingerprint density at radius 2 is 2.00 bits per heavy atom. The van der Waals surface area contributed by atoms with Crippen molar-refractivity contribution in [3.63, 3.8) is 0 Å². The fourth-order valence-electron chi connectivity index (χ4n) is 2.65. The number of nitrogens with one attached hydrogen (secondary N) is 1. The van der Waals surface area contributed by atoms with Crippen LogP contribution in [0.4, 0.5) is 0 Å². The quantitative estimate of drug-likeness (QED) is 0.761. The van der Waals surface area contributed by atoms with E-state index in [1.54, 1.807) is 18.7 Å². The van der Waals surface area contributed by atoms with Gasteiger partial charge >= 0.3 is 0 Å². The number of nitrogens with zero attached hydrogens (tertiary/aromatic N) is 3. The molecule has 0 saturated heterocycles. The van der Waals surface area contributed by atoms with Gasteiger partial charge in [0.15, 0.2) is 0 Å². The minimum atomic E-state index is 0.153. The number of likely N-dealkylation sites (N-methyl/N-ethyl adjacent to an activating group) is 1. The monoisotopic (exact) mass is 308 g/mol. The van der Waals surface area contributed by atoms with Crippen LogP contribution in [0.15, 0.2) is 49.1 Å². The summed E-state index contributed by atoms with van der Waals surface area (Å²) < 4.78 is 0. The highest BCUT2D eigenvalue weighted by Gasteiger charge is 2.13. The predicted octanol–water partition coefficient (Wildman–Crippen LogP) is 2.59. The van der Waals surface area contributed by atoms with Gasteiger partial charge in [0, 0.05) is 25.5 Å². The van der Waals surface area contributed by atoms with Crippen LogP contribution in [0.2, 0.25) is 0 Å². The maximum Gasteiger partial charge on any atom is 0.226 e. The summed E-state index contributed by atoms with van der Waals surface area (Å²) in [6.45, 7) is 3.46. The van der Waals surface area contributed by atoms with Crippen molar-refractivity contribution in [2.45, 2.75) is 19.8 Å². The van der Waals surface area contributed by atoms with Gasteiger partial charge in [-0.25, -0.2) is 4.98 Å². The molecule has 2 aromatic heterocycles. The van der Waals surface area contributed by atoms with Gasteiger partial charge in [-0.2, -0.15) is 0 Å². The molecule has 0 aliphatic rings. The Labute approximate surface area is 135 Å². The summed E-state index contributed by atoms with van der Waals surface area (Å²) in [4.78, 5) is 25.7. The Morgan fingerprint density at radius 1 is 1.17 bits per heavy atom. The zero-order chi connectivity index (χ0) is 16.1. The van der Waals surface area contributed by atoms with Crippen molar-refractivity contribution >= 4 is 16.9 Å². The van der Waals surface area contributed by atoms with E-state index < -0.39 is 0 Å². The van der Waals surface area contributed by atoms with Crippen LogP contribution in [0, 0.1) is 0 Å². The molecule has 1 N–H and O–H groups in total. The zero-order valence-corrected chi connectivity index (χ0v) is 13.2. The van der Waals surface area contributed by atoms with Crippen molar-refractivity contribution in [1.82, 2.24) is 19.9 Å². The van der Waals surface area contributed by atoms with Crippen LogP contribution < -0.4 is 0 Å². The second kappa shape index (κ2) is 7.05. The number of H-pyrrole nitrogens is 1. The molecule has 0 unspecified atom stereocenters. The minimum absolute atomic E-state index is 0.153. The van der Waals surface area contributed by atoms with Crippen molar-refractivity contribution in [1.29, 1.82) is 0 Å². The van der Waals surface area contributed by atoms with Crippen molar-refractivity contribution < 1.29 is 4.79 Å². The lowest BCUT2D eigenvalue weighted by atomic mass is 10.1. The first kappa shape index (κ1) is 15.2. The second-order valence-electron chi connectivity index (χ2n) is 5.51. The average Bonchev–Trinajstić information content (AvgIpc) is 3.04. The molecule has 5 nitrogen and oxygen atoms in total. The fourth-order valence-corrected chi connectivity index (χ4v) is 2.65. The number of hydrogen-bond acceptors (Lipinski definition) is 3. The zero-order valence-electron chi connectivity index (χ0n) is 13.2. The van der Waals surface area contributed by atoms with Crippen LogP contribution >= 0.6 is 0 Å². The lowest BCUT2D eigenvalue weighted by Crippen LogP contribution is -2.33. The van der Waals surface area contributed by atoms with Crippen molar-refractivity contribution in [2.75, 3.05) is 13.1 Å². The molecule has 23 heavy (non-hydrogen) atoms. The molecule has 1 amide bonds. The van der Waals surface area contributed by atoms with E-state index in [9.17, 15) is 4.79 Å². The number of rotatable bonds is 6. The lowest BCUT2D eigenvalue weighted by molar-refractivity contribution is -0.130. The van der Waals surface area contributed by atoms with Crippen LogP contribution in [-0.2, 0) is 17.6 Å². The highest BCUT2D eigenvalue weighted by molar-refractivity contribution is 5.81. The van der Waals surface area contributed by atoms with Crippen LogP contribution in [0.3, 0.4) is 0 Å². The van der Waals surface area contributed by atoms with Crippen molar-refractivity contribution in [3.8, 4) is 0 Å². The summed E-state index contributed by atoms with van der Waals surface area (Å²) in [5.74, 6) is 0.153. The highest BCUT2D eigenvalue weighted by atomic mass is 16.2. The number of amides is 1. The number of fused-ring (bicyclic) bond motifs is 1. The van der Waals surface area contributed by atoms with Gasteiger partial charge in [0.05, 0.1) is 23.8 Å². The Kier molecular flexibility index (Phi) is 4.66. The molecule has 0 bridgehead atoms. The summed E-state index contributed by atoms with van der Waals surface area (Å²) in [5.41, 5.74) is 4.10. The molecular formula is C18H20N4O. The van der Waals surface area contributed by atoms with Gasteiger partial charge in [0.2, 0.25) is 5.91 Å². The summed E-state index contributed by atoms with van der Waals surface area (Å²) in [6, 6.07) is 9.89. The molecular weight excluding hydrogens is 288 g/mol. The Morgan fingerprint density at radius 3 is 2.78 bits per heavy atom. The third-order valence-corrected chi connectivity index (χ3v) is 3.99. The van der Waals surface area contributed by atoms with Crippen molar-refractivity contribution in [2.24, 2.45) is 0 Å². The number of imidazole rings is 1. The molecule has 1 aromatic carbocycles. The number of carbonyl (C=O) groups excluding carboxylic acids is 1. The summed E-state index contributed by atoms with van der Waals surface area (Å²) >= 11 is 0. The molecule has 0 spiro atoms. The first-order valence-corrected chi connectivity index (χ1v) is 7.85. The summed E-state index contributed by atoms with van der Waals surface area (Å²) in [6.07, 6.45) is 6.50. The molecule has 5 heteroatoms. The Hall–Kier alpha value is -2.69. The molecule has 3 rings (SSSR count). The maximum absolute atomic E-state index is 12.5. The van der Waals surface area contributed by atoms with E-state index >= 15 is 0 Å². The first-order chi connectivity index (χ1) is 11.3. The van der Waals surface area contributed by atoms with Gasteiger partial charge in [-0.15, -0.1) is 0 Å². The van der Waals surface area contributed by atoms with E-state index in [0.717, 1.165) is 36.1 Å². The molecule has 0 aliphatic carbocycles. The number of carbonyl (C=O) groups is 1. The van der Waals surface area contributed by atoms with Crippen molar-refractivity contribution in [3.05, 3.63) is 60.2 Å². The summed E-state index contributed by atoms with van der Waals surface area (Å²) in [7, 11) is 0. The average molecular weight is 308 g/mol. The largest absolute Gasteiger partial charge is 0.345 e. The molecule has 0 saturated carbocycles. The number of aromatic nitrogens is 3. The third-order valence-electron chi connectivity index (χ3n) is 3.99. The smallest absolute Gasteiger partial charge is 0.226 e. The van der Waals surface area contributed by atoms with Crippen LogP contribution in [-0.4, -0.2) is 38.8 Å². The van der Waals surface area contributed by atoms with Gasteiger partial charge in [0.25, 0.3) is 0 Å². The van der Waals surface area contributed by atoms with Gasteiger partial charge in [0.1, 0.15) is 0 Å². The first-order valence-electron chi connectivity index (χ1n) is 7.85. The second-order valence-corrected chi connectivity index (χ2v) is 5.51. The molecule has 3 aromatic rings. The molecule has 2 heterocycles. The van der Waals surface area contributed by atoms with Gasteiger partial charge in [-0.1, -0.05) is 6.07 Å². The highest BCUT2D eigenvalue weighted by Crippen LogP contribution is 2.13. The van der Waals surface area contributed by atoms with E-state index in [0.29, 0.717) is 6.42 Å². The van der Waals surface area contributed by atoms with Crippen LogP contribution in [0.5, 0.6) is 0 Å². The number of hydrogen-bond donors (Lipinski definition) is 1. The Bertz CT molecular complexity index is 782. The van der Waals surface area contributed by atoms with Gasteiger partial charge < -0.3 is 9.88 Å². The van der Waals surface area contributed by atoms with E-state index in [-0.39, 0.29) is 5.91 Å². The van der Waals surface area contributed by atoms with Gasteiger partial charge in [-0.3, -0.25) is 9.78 Å². The molecule has 0 radical (unpaired) electrons. The third kappa shape index (κ3) is 3.74. The molecule has 118 valence electrons. The molecule has 0 aliphatic heterocycles. The van der Waals surface area contributed by atoms with E-state index in [1.807, 2.05) is 42.2 Å². The van der Waals surface area contributed by atoms with Crippen LogP contribution in [0.1, 0.15) is 18.1 Å². The topological polar surface area (TPSA) is 61.9 Å².